The molecule has 1 fully saturated rings. The van der Waals surface area contributed by atoms with E-state index >= 15 is 0 Å². The molecular weight excluding hydrogens is 390 g/mol. The Morgan fingerprint density at radius 1 is 0.935 bits per heavy atom. The number of likely N-dealkylation sites (tertiary alicyclic amines) is 1. The summed E-state index contributed by atoms with van der Waals surface area (Å²) in [6.45, 7) is 1.65. The van der Waals surface area contributed by atoms with Crippen LogP contribution < -0.4 is 4.74 Å². The van der Waals surface area contributed by atoms with Crippen molar-refractivity contribution in [3.8, 4) is 5.75 Å². The van der Waals surface area contributed by atoms with Gasteiger partial charge in [0.05, 0.1) is 13.0 Å². The average molecular weight is 418 g/mol. The van der Waals surface area contributed by atoms with Gasteiger partial charge in [0.25, 0.3) is 5.91 Å². The van der Waals surface area contributed by atoms with E-state index in [0.29, 0.717) is 25.3 Å². The highest BCUT2D eigenvalue weighted by Gasteiger charge is 2.30. The third-order valence-electron chi connectivity index (χ3n) is 6.13. The number of carbonyl (C=O) groups is 2. The number of piperidine rings is 1. The van der Waals surface area contributed by atoms with E-state index in [1.165, 1.54) is 0 Å². The van der Waals surface area contributed by atoms with Crippen LogP contribution in [0.4, 0.5) is 0 Å². The van der Waals surface area contributed by atoms with Crippen molar-refractivity contribution in [1.29, 1.82) is 0 Å². The molecule has 160 valence electrons. The number of amides is 1. The topological polar surface area (TPSA) is 66.8 Å². The Morgan fingerprint density at radius 2 is 1.61 bits per heavy atom. The zero-order chi connectivity index (χ0) is 21.6. The summed E-state index contributed by atoms with van der Waals surface area (Å²) in [4.78, 5) is 26.3. The highest BCUT2D eigenvalue weighted by molar-refractivity contribution is 5.98. The van der Waals surface area contributed by atoms with Gasteiger partial charge < -0.3 is 14.7 Å². The molecule has 1 aliphatic heterocycles. The molecule has 5 heteroatoms. The molecule has 3 aromatic carbocycles. The molecule has 0 radical (unpaired) electrons. The first-order valence-electron chi connectivity index (χ1n) is 10.8. The molecule has 0 spiro atoms. The van der Waals surface area contributed by atoms with Gasteiger partial charge in [0, 0.05) is 24.6 Å². The molecule has 4 rings (SSSR count). The van der Waals surface area contributed by atoms with Gasteiger partial charge in [-0.2, -0.15) is 0 Å². The molecule has 0 aromatic heterocycles. The lowest BCUT2D eigenvalue weighted by molar-refractivity contribution is -0.139. The number of carboxylic acids is 1. The van der Waals surface area contributed by atoms with E-state index in [1.54, 1.807) is 0 Å². The largest absolute Gasteiger partial charge is 0.493 e. The Morgan fingerprint density at radius 3 is 2.32 bits per heavy atom. The minimum atomic E-state index is -0.809. The van der Waals surface area contributed by atoms with E-state index < -0.39 is 5.97 Å². The maximum Gasteiger partial charge on any atom is 0.303 e. The van der Waals surface area contributed by atoms with Gasteiger partial charge in [-0.1, -0.05) is 48.5 Å². The molecule has 1 N–H and O–H groups in total. The number of hydrogen-bond acceptors (Lipinski definition) is 3. The lowest BCUT2D eigenvalue weighted by Crippen LogP contribution is -2.41. The van der Waals surface area contributed by atoms with Crippen LogP contribution in [0.25, 0.3) is 10.8 Å². The van der Waals surface area contributed by atoms with Crippen molar-refractivity contribution < 1.29 is 19.4 Å². The van der Waals surface area contributed by atoms with Gasteiger partial charge in [-0.25, -0.2) is 0 Å². The zero-order valence-corrected chi connectivity index (χ0v) is 17.4. The van der Waals surface area contributed by atoms with E-state index in [4.69, 9.17) is 4.74 Å². The molecule has 1 saturated heterocycles. The molecule has 1 aliphatic rings. The number of fused-ring (bicyclic) bond motifs is 1. The fourth-order valence-electron chi connectivity index (χ4n) is 4.38. The minimum Gasteiger partial charge on any atom is -0.493 e. The van der Waals surface area contributed by atoms with E-state index in [9.17, 15) is 14.7 Å². The smallest absolute Gasteiger partial charge is 0.303 e. The summed E-state index contributed by atoms with van der Waals surface area (Å²) >= 11 is 0. The number of hydrogen-bond donors (Lipinski definition) is 1. The van der Waals surface area contributed by atoms with Crippen LogP contribution >= 0.6 is 0 Å². The number of rotatable bonds is 7. The van der Waals surface area contributed by atoms with Crippen LogP contribution in [0, 0.1) is 11.8 Å². The summed E-state index contributed by atoms with van der Waals surface area (Å²) in [6.07, 6.45) is 1.65. The number of benzene rings is 3. The first-order chi connectivity index (χ1) is 15.1. The Hall–Kier alpha value is -3.34. The minimum absolute atomic E-state index is 0.0412. The quantitative estimate of drug-likeness (QED) is 0.596. The van der Waals surface area contributed by atoms with Crippen LogP contribution in [0.1, 0.15) is 29.6 Å². The first kappa shape index (κ1) is 20.9. The molecule has 1 amide bonds. The summed E-state index contributed by atoms with van der Waals surface area (Å²) in [5, 5.41) is 11.5. The second kappa shape index (κ2) is 9.65. The monoisotopic (exact) mass is 417 g/mol. The fraction of sp³-hybridized carbons (Fsp3) is 0.308. The number of para-hydroxylation sites is 1. The highest BCUT2D eigenvalue weighted by atomic mass is 16.5. The number of nitrogens with zero attached hydrogens (tertiary/aromatic N) is 1. The van der Waals surface area contributed by atoms with Crippen molar-refractivity contribution in [1.82, 2.24) is 4.90 Å². The van der Waals surface area contributed by atoms with Crippen molar-refractivity contribution in [2.75, 3.05) is 19.7 Å². The summed E-state index contributed by atoms with van der Waals surface area (Å²) in [6, 6.07) is 23.3. The van der Waals surface area contributed by atoms with Gasteiger partial charge in [0.2, 0.25) is 0 Å². The normalized spacial score (nSPS) is 15.5. The summed E-state index contributed by atoms with van der Waals surface area (Å²) < 4.78 is 5.86. The molecule has 31 heavy (non-hydrogen) atoms. The van der Waals surface area contributed by atoms with Crippen molar-refractivity contribution in [2.45, 2.75) is 19.3 Å². The number of ether oxygens (including phenoxy) is 1. The van der Waals surface area contributed by atoms with Crippen molar-refractivity contribution >= 4 is 22.6 Å². The zero-order valence-electron chi connectivity index (χ0n) is 17.4. The van der Waals surface area contributed by atoms with Crippen LogP contribution in [0.15, 0.2) is 72.8 Å². The van der Waals surface area contributed by atoms with Crippen LogP contribution in [-0.2, 0) is 4.79 Å². The van der Waals surface area contributed by atoms with Gasteiger partial charge in [-0.05, 0) is 53.8 Å². The standard InChI is InChI=1S/C26H27NO4/c28-25(29)17-23(18-31-24-8-2-1-3-9-24)20-12-14-27(15-13-20)26(30)22-11-10-19-6-4-5-7-21(19)16-22/h1-11,16,20,23H,12-15,17-18H2,(H,28,29). The number of aliphatic carboxylic acids is 1. The van der Waals surface area contributed by atoms with E-state index in [0.717, 1.165) is 29.4 Å². The van der Waals surface area contributed by atoms with E-state index in [2.05, 4.69) is 0 Å². The molecule has 0 bridgehead atoms. The van der Waals surface area contributed by atoms with Crippen LogP contribution in [0.3, 0.4) is 0 Å². The summed E-state index contributed by atoms with van der Waals surface area (Å²) in [7, 11) is 0. The van der Waals surface area contributed by atoms with Gasteiger partial charge in [-0.3, -0.25) is 9.59 Å². The highest BCUT2D eigenvalue weighted by Crippen LogP contribution is 2.29. The lowest BCUT2D eigenvalue weighted by Gasteiger charge is -2.35. The second-order valence-electron chi connectivity index (χ2n) is 8.17. The summed E-state index contributed by atoms with van der Waals surface area (Å²) in [5.74, 6) is 0.133. The SMILES string of the molecule is O=C(O)CC(COc1ccccc1)C1CCN(C(=O)c2ccc3ccccc3c2)CC1. The molecule has 1 atom stereocenters. The predicted octanol–water partition coefficient (Wildman–Crippen LogP) is 4.86. The van der Waals surface area contributed by atoms with Crippen molar-refractivity contribution in [3.05, 3.63) is 78.4 Å². The third-order valence-corrected chi connectivity index (χ3v) is 6.13. The Kier molecular flexibility index (Phi) is 6.51. The molecule has 0 saturated carbocycles. The molecule has 3 aromatic rings. The Bertz CT molecular complexity index is 1040. The van der Waals surface area contributed by atoms with Gasteiger partial charge in [0.15, 0.2) is 0 Å². The Labute approximate surface area is 182 Å². The first-order valence-corrected chi connectivity index (χ1v) is 10.8. The van der Waals surface area contributed by atoms with Crippen LogP contribution in [0.2, 0.25) is 0 Å². The van der Waals surface area contributed by atoms with Gasteiger partial charge >= 0.3 is 5.97 Å². The Balaban J connectivity index is 1.37. The summed E-state index contributed by atoms with van der Waals surface area (Å²) in [5.41, 5.74) is 0.701. The van der Waals surface area contributed by atoms with Crippen LogP contribution in [0.5, 0.6) is 5.75 Å². The molecule has 5 nitrogen and oxygen atoms in total. The van der Waals surface area contributed by atoms with Gasteiger partial charge in [0.1, 0.15) is 5.75 Å². The van der Waals surface area contributed by atoms with Crippen LogP contribution in [-0.4, -0.2) is 41.6 Å². The third kappa shape index (κ3) is 5.23. The maximum absolute atomic E-state index is 13.0. The average Bonchev–Trinajstić information content (AvgIpc) is 2.81. The number of carbonyl (C=O) groups excluding carboxylic acids is 1. The lowest BCUT2D eigenvalue weighted by atomic mass is 9.82. The van der Waals surface area contributed by atoms with E-state index in [-0.39, 0.29) is 24.2 Å². The predicted molar refractivity (Wildman–Crippen MR) is 120 cm³/mol. The second-order valence-corrected chi connectivity index (χ2v) is 8.17. The van der Waals surface area contributed by atoms with E-state index in [1.807, 2.05) is 77.7 Å². The molecule has 0 aliphatic carbocycles. The van der Waals surface area contributed by atoms with Gasteiger partial charge in [-0.15, -0.1) is 0 Å². The van der Waals surface area contributed by atoms with Crippen molar-refractivity contribution in [3.63, 3.8) is 0 Å². The maximum atomic E-state index is 13.0. The molecule has 1 unspecified atom stereocenters. The number of carboxylic acid groups (broad SMARTS) is 1. The fourth-order valence-corrected chi connectivity index (χ4v) is 4.38. The molecular formula is C26H27NO4. The molecule has 1 heterocycles. The van der Waals surface area contributed by atoms with Crippen molar-refractivity contribution in [2.24, 2.45) is 11.8 Å².